The van der Waals surface area contributed by atoms with Gasteiger partial charge < -0.3 is 15.0 Å². The molecule has 5 heterocycles. The number of rotatable bonds is 4. The van der Waals surface area contributed by atoms with E-state index in [1.54, 1.807) is 34.2 Å². The Morgan fingerprint density at radius 2 is 2.15 bits per heavy atom. The second kappa shape index (κ2) is 8.77. The first-order valence-corrected chi connectivity index (χ1v) is 11.4. The molecule has 2 N–H and O–H groups in total. The number of ether oxygens (including phenoxy) is 1. The Kier molecular flexibility index (Phi) is 5.64. The molecule has 1 saturated heterocycles. The number of pyridine rings is 1. The van der Waals surface area contributed by atoms with Crippen LogP contribution < -0.4 is 5.32 Å². The third-order valence-corrected chi connectivity index (χ3v) is 5.73. The number of carbonyl (C=O) groups excluding carboxylic acids is 1. The van der Waals surface area contributed by atoms with Crippen LogP contribution in [0.2, 0.25) is 0 Å². The molecule has 10 nitrogen and oxygen atoms in total. The Bertz CT molecular complexity index is 1280. The van der Waals surface area contributed by atoms with Crippen molar-refractivity contribution in [3.05, 3.63) is 54.9 Å². The number of piperidine rings is 1. The number of hydrogen-bond acceptors (Lipinski definition) is 7. The van der Waals surface area contributed by atoms with Crippen LogP contribution in [0.4, 0.5) is 16.3 Å². The summed E-state index contributed by atoms with van der Waals surface area (Å²) in [6.45, 7) is 6.89. The maximum absolute atomic E-state index is 12.7. The Morgan fingerprint density at radius 3 is 2.88 bits per heavy atom. The number of likely N-dealkylation sites (tertiary alicyclic amines) is 1. The summed E-state index contributed by atoms with van der Waals surface area (Å²) in [5.41, 5.74) is 3.73. The van der Waals surface area contributed by atoms with E-state index in [1.807, 2.05) is 45.2 Å². The molecular formula is C24H28N8O2. The van der Waals surface area contributed by atoms with Gasteiger partial charge in [-0.1, -0.05) is 0 Å². The predicted octanol–water partition coefficient (Wildman–Crippen LogP) is 4.37. The second-order valence-corrected chi connectivity index (χ2v) is 9.48. The van der Waals surface area contributed by atoms with Crippen LogP contribution in [0.1, 0.15) is 45.2 Å². The van der Waals surface area contributed by atoms with Gasteiger partial charge in [-0.25, -0.2) is 9.78 Å². The SMILES string of the molecule is CC(C)(C)OC(=O)N1CCCC(c2cc(Nc3cccnc3)n3ncc(-c4cn[nH]c4)c3n2)C1. The average molecular weight is 461 g/mol. The molecule has 176 valence electrons. The fourth-order valence-corrected chi connectivity index (χ4v) is 4.18. The molecule has 34 heavy (non-hydrogen) atoms. The fourth-order valence-electron chi connectivity index (χ4n) is 4.18. The van der Waals surface area contributed by atoms with Gasteiger partial charge in [0.1, 0.15) is 11.4 Å². The van der Waals surface area contributed by atoms with Gasteiger partial charge in [0.05, 0.1) is 30.0 Å². The van der Waals surface area contributed by atoms with Crippen molar-refractivity contribution in [3.8, 4) is 11.1 Å². The summed E-state index contributed by atoms with van der Waals surface area (Å²) in [7, 11) is 0. The molecule has 4 aromatic rings. The van der Waals surface area contributed by atoms with Gasteiger partial charge in [-0.15, -0.1) is 0 Å². The van der Waals surface area contributed by atoms with Crippen molar-refractivity contribution in [2.75, 3.05) is 18.4 Å². The highest BCUT2D eigenvalue weighted by Crippen LogP contribution is 2.32. The van der Waals surface area contributed by atoms with Crippen LogP contribution in [-0.4, -0.2) is 59.5 Å². The van der Waals surface area contributed by atoms with E-state index in [0.29, 0.717) is 13.1 Å². The van der Waals surface area contributed by atoms with E-state index < -0.39 is 5.60 Å². The highest BCUT2D eigenvalue weighted by atomic mass is 16.6. The minimum atomic E-state index is -0.529. The smallest absolute Gasteiger partial charge is 0.410 e. The lowest BCUT2D eigenvalue weighted by molar-refractivity contribution is 0.0197. The van der Waals surface area contributed by atoms with Gasteiger partial charge in [-0.2, -0.15) is 14.7 Å². The molecule has 1 amide bonds. The summed E-state index contributed by atoms with van der Waals surface area (Å²) in [4.78, 5) is 23.7. The van der Waals surface area contributed by atoms with E-state index in [0.717, 1.165) is 46.8 Å². The molecule has 0 aromatic carbocycles. The van der Waals surface area contributed by atoms with Crippen LogP contribution >= 0.6 is 0 Å². The molecule has 1 fully saturated rings. The highest BCUT2D eigenvalue weighted by molar-refractivity contribution is 5.78. The Labute approximate surface area is 197 Å². The van der Waals surface area contributed by atoms with Gasteiger partial charge in [0.15, 0.2) is 5.65 Å². The number of aromatic nitrogens is 6. The molecule has 0 aliphatic carbocycles. The number of anilines is 2. The number of aromatic amines is 1. The Hall–Kier alpha value is -3.95. The lowest BCUT2D eigenvalue weighted by Crippen LogP contribution is -2.42. The van der Waals surface area contributed by atoms with Gasteiger partial charge in [0, 0.05) is 48.6 Å². The Balaban J connectivity index is 1.52. The zero-order valence-corrected chi connectivity index (χ0v) is 19.5. The minimum absolute atomic E-state index is 0.0767. The number of nitrogens with one attached hydrogen (secondary N) is 2. The molecule has 0 saturated carbocycles. The normalized spacial score (nSPS) is 16.6. The number of amides is 1. The van der Waals surface area contributed by atoms with Crippen LogP contribution in [0.25, 0.3) is 16.8 Å². The van der Waals surface area contributed by atoms with Gasteiger partial charge >= 0.3 is 6.09 Å². The van der Waals surface area contributed by atoms with Gasteiger partial charge in [-0.05, 0) is 45.7 Å². The number of fused-ring (bicyclic) bond motifs is 1. The first-order chi connectivity index (χ1) is 16.4. The standard InChI is InChI=1S/C24H28N8O2/c1-24(2,3)34-23(33)31-9-5-6-16(15-31)20-10-21(29-18-7-4-8-25-13-18)32-22(30-20)19(14-28-32)17-11-26-27-12-17/h4,7-8,10-14,16,29H,5-6,9,15H2,1-3H3,(H,26,27). The number of nitrogens with zero attached hydrogens (tertiary/aromatic N) is 6. The predicted molar refractivity (Wildman–Crippen MR) is 128 cm³/mol. The van der Waals surface area contributed by atoms with Gasteiger partial charge in [-0.3, -0.25) is 10.1 Å². The van der Waals surface area contributed by atoms with Crippen LogP contribution in [0.3, 0.4) is 0 Å². The largest absolute Gasteiger partial charge is 0.444 e. The molecular weight excluding hydrogens is 432 g/mol. The third-order valence-electron chi connectivity index (χ3n) is 5.73. The van der Waals surface area contributed by atoms with Crippen LogP contribution in [0.15, 0.2) is 49.2 Å². The van der Waals surface area contributed by atoms with Crippen molar-refractivity contribution in [2.45, 2.75) is 45.1 Å². The maximum Gasteiger partial charge on any atom is 0.410 e. The quantitative estimate of drug-likeness (QED) is 0.465. The van der Waals surface area contributed by atoms with E-state index in [4.69, 9.17) is 9.72 Å². The molecule has 0 radical (unpaired) electrons. The topological polar surface area (TPSA) is 113 Å². The maximum atomic E-state index is 12.7. The van der Waals surface area contributed by atoms with Crippen LogP contribution in [0.5, 0.6) is 0 Å². The number of hydrogen-bond donors (Lipinski definition) is 2. The third kappa shape index (κ3) is 4.57. The highest BCUT2D eigenvalue weighted by Gasteiger charge is 2.30. The molecule has 0 spiro atoms. The van der Waals surface area contributed by atoms with E-state index in [-0.39, 0.29) is 12.0 Å². The summed E-state index contributed by atoms with van der Waals surface area (Å²) in [5.74, 6) is 0.852. The van der Waals surface area contributed by atoms with Crippen molar-refractivity contribution in [2.24, 2.45) is 0 Å². The Morgan fingerprint density at radius 1 is 1.26 bits per heavy atom. The molecule has 1 aliphatic heterocycles. The summed E-state index contributed by atoms with van der Waals surface area (Å²) in [6.07, 6.45) is 10.4. The fraction of sp³-hybridized carbons (Fsp3) is 0.375. The van der Waals surface area contributed by atoms with Crippen molar-refractivity contribution in [1.29, 1.82) is 0 Å². The zero-order chi connectivity index (χ0) is 23.7. The molecule has 4 aromatic heterocycles. The number of H-pyrrole nitrogens is 1. The first-order valence-electron chi connectivity index (χ1n) is 11.4. The summed E-state index contributed by atoms with van der Waals surface area (Å²) in [6, 6.07) is 5.83. The summed E-state index contributed by atoms with van der Waals surface area (Å²) in [5, 5.41) is 14.9. The van der Waals surface area contributed by atoms with E-state index in [2.05, 4.69) is 25.6 Å². The van der Waals surface area contributed by atoms with E-state index in [9.17, 15) is 4.79 Å². The first kappa shape index (κ1) is 21.9. The molecule has 10 heteroatoms. The van der Waals surface area contributed by atoms with Crippen molar-refractivity contribution >= 4 is 23.2 Å². The molecule has 0 bridgehead atoms. The molecule has 1 aliphatic rings. The summed E-state index contributed by atoms with van der Waals surface area (Å²) < 4.78 is 7.40. The minimum Gasteiger partial charge on any atom is -0.444 e. The van der Waals surface area contributed by atoms with Gasteiger partial charge in [0.2, 0.25) is 0 Å². The van der Waals surface area contributed by atoms with Gasteiger partial charge in [0.25, 0.3) is 0 Å². The number of carbonyl (C=O) groups is 1. The zero-order valence-electron chi connectivity index (χ0n) is 19.5. The van der Waals surface area contributed by atoms with Crippen molar-refractivity contribution in [3.63, 3.8) is 0 Å². The van der Waals surface area contributed by atoms with Crippen LogP contribution in [-0.2, 0) is 4.74 Å². The van der Waals surface area contributed by atoms with E-state index >= 15 is 0 Å². The van der Waals surface area contributed by atoms with Crippen LogP contribution in [0, 0.1) is 0 Å². The molecule has 1 atom stereocenters. The van der Waals surface area contributed by atoms with E-state index in [1.165, 1.54) is 0 Å². The lowest BCUT2D eigenvalue weighted by atomic mass is 9.94. The summed E-state index contributed by atoms with van der Waals surface area (Å²) >= 11 is 0. The monoisotopic (exact) mass is 460 g/mol. The average Bonchev–Trinajstić information content (AvgIpc) is 3.48. The lowest BCUT2D eigenvalue weighted by Gasteiger charge is -2.34. The van der Waals surface area contributed by atoms with Crippen molar-refractivity contribution in [1.82, 2.24) is 34.7 Å². The molecule has 1 unspecified atom stereocenters. The molecule has 5 rings (SSSR count). The second-order valence-electron chi connectivity index (χ2n) is 9.48. The van der Waals surface area contributed by atoms with Crippen molar-refractivity contribution < 1.29 is 9.53 Å².